The molecule has 0 aliphatic rings. The van der Waals surface area contributed by atoms with Crippen LogP contribution in [-0.4, -0.2) is 39.7 Å². The summed E-state index contributed by atoms with van der Waals surface area (Å²) in [4.78, 5) is 12.1. The molecule has 7 heteroatoms. The van der Waals surface area contributed by atoms with Crippen molar-refractivity contribution in [2.24, 2.45) is 0 Å². The fourth-order valence-corrected chi connectivity index (χ4v) is 2.56. The molecule has 0 bridgehead atoms. The molecule has 1 aromatic heterocycles. The third-order valence-electron chi connectivity index (χ3n) is 3.62. The molecule has 0 aliphatic heterocycles. The van der Waals surface area contributed by atoms with Gasteiger partial charge in [-0.1, -0.05) is 30.3 Å². The molecule has 1 amide bonds. The predicted molar refractivity (Wildman–Crippen MR) is 95.5 cm³/mol. The number of hydroxylamine groups is 2. The monoisotopic (exact) mass is 362 g/mol. The summed E-state index contributed by atoms with van der Waals surface area (Å²) in [6.45, 7) is 5.03. The number of rotatable bonds is 7. The third kappa shape index (κ3) is 5.87. The van der Waals surface area contributed by atoms with Gasteiger partial charge in [0.15, 0.2) is 0 Å². The maximum atomic E-state index is 12.1. The lowest BCUT2D eigenvalue weighted by molar-refractivity contribution is -0.153. The summed E-state index contributed by atoms with van der Waals surface area (Å²) in [7, 11) is 0. The molecule has 2 rings (SSSR count). The third-order valence-corrected chi connectivity index (χ3v) is 3.62. The first-order valence-electron chi connectivity index (χ1n) is 8.43. The van der Waals surface area contributed by atoms with Crippen molar-refractivity contribution in [1.29, 1.82) is 0 Å². The predicted octanol–water partition coefficient (Wildman–Crippen LogP) is 3.10. The van der Waals surface area contributed by atoms with Gasteiger partial charge < -0.3 is 24.8 Å². The number of alkyl carbamates (subject to hydrolysis) is 1. The summed E-state index contributed by atoms with van der Waals surface area (Å²) in [6, 6.07) is 11.1. The molecule has 0 fully saturated rings. The molecule has 0 radical (unpaired) electrons. The average Bonchev–Trinajstić information content (AvgIpc) is 3.07. The molecule has 0 saturated heterocycles. The number of nitrogens with one attached hydrogen (secondary N) is 1. The molecule has 26 heavy (non-hydrogen) atoms. The smallest absolute Gasteiger partial charge is 0.408 e. The second kappa shape index (κ2) is 8.84. The zero-order valence-electron chi connectivity index (χ0n) is 15.3. The van der Waals surface area contributed by atoms with Gasteiger partial charge in [0.1, 0.15) is 17.4 Å². The maximum Gasteiger partial charge on any atom is 0.408 e. The number of hydrogen-bond donors (Lipinski definition) is 3. The van der Waals surface area contributed by atoms with Crippen molar-refractivity contribution in [3.8, 4) is 0 Å². The number of hydrogen-bond acceptors (Lipinski definition) is 6. The molecule has 2 aromatic rings. The van der Waals surface area contributed by atoms with Gasteiger partial charge in [-0.3, -0.25) is 0 Å². The van der Waals surface area contributed by atoms with Crippen LogP contribution in [0, 0.1) is 0 Å². The number of aliphatic hydroxyl groups is 1. The number of aliphatic hydroxyl groups excluding tert-OH is 1. The second-order valence-corrected chi connectivity index (χ2v) is 6.98. The Morgan fingerprint density at radius 1 is 1.23 bits per heavy atom. The Hall–Kier alpha value is -2.35. The number of ether oxygens (including phenoxy) is 1. The van der Waals surface area contributed by atoms with Gasteiger partial charge in [0, 0.05) is 6.54 Å². The Balaban J connectivity index is 2.18. The topological polar surface area (TPSA) is 95.2 Å². The lowest BCUT2D eigenvalue weighted by Crippen LogP contribution is -2.48. The van der Waals surface area contributed by atoms with Crippen LogP contribution >= 0.6 is 0 Å². The maximum absolute atomic E-state index is 12.1. The highest BCUT2D eigenvalue weighted by atomic mass is 16.6. The first kappa shape index (κ1) is 20.0. The molecule has 3 N–H and O–H groups in total. The first-order valence-corrected chi connectivity index (χ1v) is 8.43. The Labute approximate surface area is 153 Å². The molecule has 1 heterocycles. The van der Waals surface area contributed by atoms with E-state index in [9.17, 15) is 15.1 Å². The van der Waals surface area contributed by atoms with Crippen LogP contribution in [-0.2, 0) is 11.3 Å². The average molecular weight is 362 g/mol. The summed E-state index contributed by atoms with van der Waals surface area (Å²) in [6.07, 6.45) is 0.793. The van der Waals surface area contributed by atoms with Crippen LogP contribution < -0.4 is 5.32 Å². The Bertz CT molecular complexity index is 667. The van der Waals surface area contributed by atoms with E-state index in [0.717, 1.165) is 10.6 Å². The zero-order chi connectivity index (χ0) is 19.2. The quantitative estimate of drug-likeness (QED) is 0.655. The largest absolute Gasteiger partial charge is 0.468 e. The lowest BCUT2D eigenvalue weighted by atomic mass is 10.1. The first-order chi connectivity index (χ1) is 12.3. The standard InChI is InChI=1S/C19H26N2O5/c1-19(2,3)26-18(23)20-15(13-22)17(16-10-7-11-25-16)21(24)12-14-8-5-4-6-9-14/h4-11,15,17,22,24H,12-13H2,1-3H3,(H,20,23)/t15-,17+/m0/s1. The fourth-order valence-electron chi connectivity index (χ4n) is 2.56. The van der Waals surface area contributed by atoms with Crippen molar-refractivity contribution in [1.82, 2.24) is 10.4 Å². The Morgan fingerprint density at radius 2 is 1.92 bits per heavy atom. The normalized spacial score (nSPS) is 14.1. The molecule has 0 spiro atoms. The van der Waals surface area contributed by atoms with Gasteiger partial charge >= 0.3 is 6.09 Å². The van der Waals surface area contributed by atoms with E-state index in [2.05, 4.69) is 5.32 Å². The molecular weight excluding hydrogens is 336 g/mol. The minimum Gasteiger partial charge on any atom is -0.468 e. The highest BCUT2D eigenvalue weighted by molar-refractivity contribution is 5.68. The Morgan fingerprint density at radius 3 is 2.46 bits per heavy atom. The minimum atomic E-state index is -0.829. The van der Waals surface area contributed by atoms with Crippen LogP contribution in [0.5, 0.6) is 0 Å². The van der Waals surface area contributed by atoms with Gasteiger partial charge in [-0.05, 0) is 38.5 Å². The van der Waals surface area contributed by atoms with E-state index in [1.165, 1.54) is 6.26 Å². The highest BCUT2D eigenvalue weighted by Gasteiger charge is 2.33. The molecule has 7 nitrogen and oxygen atoms in total. The number of nitrogens with zero attached hydrogens (tertiary/aromatic N) is 1. The summed E-state index contributed by atoms with van der Waals surface area (Å²) >= 11 is 0. The molecule has 0 aliphatic carbocycles. The molecule has 142 valence electrons. The molecule has 1 aromatic carbocycles. The van der Waals surface area contributed by atoms with Gasteiger partial charge in [0.25, 0.3) is 0 Å². The van der Waals surface area contributed by atoms with Crippen molar-refractivity contribution in [2.75, 3.05) is 6.61 Å². The van der Waals surface area contributed by atoms with E-state index >= 15 is 0 Å². The van der Waals surface area contributed by atoms with Crippen molar-refractivity contribution in [3.05, 3.63) is 60.1 Å². The van der Waals surface area contributed by atoms with E-state index in [1.54, 1.807) is 32.9 Å². The molecule has 0 saturated carbocycles. The van der Waals surface area contributed by atoms with Gasteiger partial charge in [-0.25, -0.2) is 4.79 Å². The van der Waals surface area contributed by atoms with Crippen LogP contribution in [0.25, 0.3) is 0 Å². The summed E-state index contributed by atoms with van der Waals surface area (Å²) in [5, 5.41) is 24.1. The zero-order valence-corrected chi connectivity index (χ0v) is 15.3. The number of amides is 1. The van der Waals surface area contributed by atoms with Crippen LogP contribution in [0.4, 0.5) is 4.79 Å². The van der Waals surface area contributed by atoms with E-state index in [4.69, 9.17) is 9.15 Å². The van der Waals surface area contributed by atoms with E-state index in [0.29, 0.717) is 5.76 Å². The van der Waals surface area contributed by atoms with Crippen molar-refractivity contribution < 1.29 is 24.3 Å². The van der Waals surface area contributed by atoms with E-state index in [-0.39, 0.29) is 6.54 Å². The highest BCUT2D eigenvalue weighted by Crippen LogP contribution is 2.25. The van der Waals surface area contributed by atoms with Gasteiger partial charge in [-0.2, -0.15) is 5.06 Å². The lowest BCUT2D eigenvalue weighted by Gasteiger charge is -2.32. The number of carbonyl (C=O) groups is 1. The molecule has 2 atom stereocenters. The Kier molecular flexibility index (Phi) is 6.79. The van der Waals surface area contributed by atoms with Gasteiger partial charge in [0.05, 0.1) is 18.9 Å². The number of furan rings is 1. The van der Waals surface area contributed by atoms with Crippen molar-refractivity contribution in [2.45, 2.75) is 45.0 Å². The molecular formula is C19H26N2O5. The SMILES string of the molecule is CC(C)(C)OC(=O)N[C@@H](CO)[C@H](c1ccco1)N(O)Cc1ccccc1. The fraction of sp³-hybridized carbons (Fsp3) is 0.421. The summed E-state index contributed by atoms with van der Waals surface area (Å²) in [5.41, 5.74) is 0.202. The van der Waals surface area contributed by atoms with Crippen LogP contribution in [0.2, 0.25) is 0 Å². The number of carbonyl (C=O) groups excluding carboxylic acids is 1. The van der Waals surface area contributed by atoms with Gasteiger partial charge in [-0.15, -0.1) is 0 Å². The van der Waals surface area contributed by atoms with Crippen LogP contribution in [0.3, 0.4) is 0 Å². The van der Waals surface area contributed by atoms with Gasteiger partial charge in [0.2, 0.25) is 0 Å². The van der Waals surface area contributed by atoms with Crippen LogP contribution in [0.1, 0.15) is 38.1 Å². The van der Waals surface area contributed by atoms with E-state index < -0.39 is 30.4 Å². The van der Waals surface area contributed by atoms with E-state index in [1.807, 2.05) is 30.3 Å². The second-order valence-electron chi connectivity index (χ2n) is 6.98. The van der Waals surface area contributed by atoms with Crippen molar-refractivity contribution in [3.63, 3.8) is 0 Å². The van der Waals surface area contributed by atoms with Crippen LogP contribution in [0.15, 0.2) is 53.1 Å². The summed E-state index contributed by atoms with van der Waals surface area (Å²) < 4.78 is 10.7. The van der Waals surface area contributed by atoms with Crippen molar-refractivity contribution >= 4 is 6.09 Å². The number of benzene rings is 1. The molecule has 0 unspecified atom stereocenters. The minimum absolute atomic E-state index is 0.193. The summed E-state index contributed by atoms with van der Waals surface area (Å²) in [5.74, 6) is 0.415.